The summed E-state index contributed by atoms with van der Waals surface area (Å²) in [6.45, 7) is 31.9. The average molecular weight is 1050 g/mol. The predicted octanol–water partition coefficient (Wildman–Crippen LogP) is 5.11. The number of para-hydroxylation sites is 4. The minimum atomic E-state index is -4.88. The number of phenolic OH excluding ortho intramolecular Hbond substituents is 4. The molecular formula is C34H66I3N3O8Si. The molecule has 2 rings (SSSR count). The number of hydrogen-bond donors (Lipinski definition) is 4. The Balaban J connectivity index is -0.000000249. The summed E-state index contributed by atoms with van der Waals surface area (Å²) in [5.74, 6) is -0.306. The zero-order chi connectivity index (χ0) is 39.2. The largest absolute Gasteiger partial charge is 0.861 e. The van der Waals surface area contributed by atoms with Crippen molar-refractivity contribution in [2.75, 3.05) is 79.7 Å². The molecule has 0 bridgehead atoms. The van der Waals surface area contributed by atoms with Crippen LogP contribution in [0.1, 0.15) is 62.3 Å². The van der Waals surface area contributed by atoms with Crippen LogP contribution in [0.4, 0.5) is 0 Å². The van der Waals surface area contributed by atoms with E-state index in [-0.39, 0.29) is 23.0 Å². The molecule has 0 spiro atoms. The molecule has 0 aliphatic rings. The molecule has 2 aromatic carbocycles. The first kappa shape index (κ1) is 55.5. The van der Waals surface area contributed by atoms with E-state index in [1.54, 1.807) is 24.3 Å². The highest BCUT2D eigenvalue weighted by atomic mass is 127. The van der Waals surface area contributed by atoms with Crippen molar-refractivity contribution in [3.8, 4) is 23.0 Å². The molecule has 15 heteroatoms. The van der Waals surface area contributed by atoms with Crippen LogP contribution in [0.3, 0.4) is 0 Å². The lowest BCUT2D eigenvalue weighted by Gasteiger charge is -2.52. The lowest BCUT2D eigenvalue weighted by atomic mass is 10.3. The first-order valence-electron chi connectivity index (χ1n) is 16.7. The summed E-state index contributed by atoms with van der Waals surface area (Å²) in [5.41, 5.74) is 0. The van der Waals surface area contributed by atoms with Gasteiger partial charge in [0.05, 0.1) is 58.9 Å². The second kappa shape index (κ2) is 32.4. The Morgan fingerprint density at radius 1 is 0.469 bits per heavy atom. The zero-order valence-electron chi connectivity index (χ0n) is 31.5. The molecule has 0 aliphatic carbocycles. The van der Waals surface area contributed by atoms with E-state index in [0.29, 0.717) is 0 Å². The smallest absolute Gasteiger partial charge is 0.157 e. The van der Waals surface area contributed by atoms with Gasteiger partial charge in [0.15, 0.2) is 23.0 Å². The fourth-order valence-electron chi connectivity index (χ4n) is 3.70. The Bertz CT molecular complexity index is 843. The second-order valence-electron chi connectivity index (χ2n) is 10.9. The lowest BCUT2D eigenvalue weighted by Crippen LogP contribution is -2.74. The van der Waals surface area contributed by atoms with Crippen molar-refractivity contribution in [2.45, 2.75) is 62.3 Å². The lowest BCUT2D eigenvalue weighted by molar-refractivity contribution is -0.908. The first-order valence-corrected chi connectivity index (χ1v) is 22.9. The van der Waals surface area contributed by atoms with Gasteiger partial charge < -0.3 is 52.7 Å². The Morgan fingerprint density at radius 2 is 0.612 bits per heavy atom. The van der Waals surface area contributed by atoms with E-state index in [9.17, 15) is 14.4 Å². The summed E-state index contributed by atoms with van der Waals surface area (Å²) in [4.78, 5) is 27.8. The van der Waals surface area contributed by atoms with Crippen LogP contribution in [-0.4, -0.2) is 123 Å². The molecule has 0 saturated carbocycles. The Hall–Kier alpha value is -0.233. The third kappa shape index (κ3) is 27.1. The average Bonchev–Trinajstić information content (AvgIpc) is 3.12. The molecule has 0 heterocycles. The van der Waals surface area contributed by atoms with Gasteiger partial charge in [-0.3, -0.25) is 0 Å². The Labute approximate surface area is 340 Å². The number of aromatic hydroxyl groups is 4. The van der Waals surface area contributed by atoms with Gasteiger partial charge in [-0.25, -0.2) is 0 Å². The van der Waals surface area contributed by atoms with Crippen molar-refractivity contribution in [1.29, 1.82) is 0 Å². The van der Waals surface area contributed by atoms with Crippen LogP contribution in [0.2, 0.25) is 0 Å². The molecule has 0 unspecified atom stereocenters. The SMILES string of the molecule is CC[N+](CC)(CC)CI.CC[N+](CC)(CC)CI.CC[N+](CC)(CC)CI.CO[Si]([O-])([O-])[O-].Oc1ccccc1O.Oc1ccccc1O. The first-order chi connectivity index (χ1) is 22.9. The van der Waals surface area contributed by atoms with Crippen LogP contribution in [0.25, 0.3) is 0 Å². The van der Waals surface area contributed by atoms with Crippen LogP contribution in [0.15, 0.2) is 48.5 Å². The van der Waals surface area contributed by atoms with Gasteiger partial charge in [0.1, 0.15) is 13.7 Å². The van der Waals surface area contributed by atoms with E-state index >= 15 is 0 Å². The maximum absolute atomic E-state index is 9.28. The highest BCUT2D eigenvalue weighted by molar-refractivity contribution is 14.1. The van der Waals surface area contributed by atoms with Gasteiger partial charge in [0.25, 0.3) is 0 Å². The zero-order valence-corrected chi connectivity index (χ0v) is 39.0. The van der Waals surface area contributed by atoms with Gasteiger partial charge in [0, 0.05) is 7.11 Å². The minimum absolute atomic E-state index is 0.0764. The molecule has 0 atom stereocenters. The maximum Gasteiger partial charge on any atom is 0.157 e. The molecule has 0 amide bonds. The molecule has 49 heavy (non-hydrogen) atoms. The number of nitrogens with zero attached hydrogens (tertiary/aromatic N) is 3. The normalized spacial score (nSPS) is 11.0. The van der Waals surface area contributed by atoms with Crippen molar-refractivity contribution < 1.29 is 52.7 Å². The highest BCUT2D eigenvalue weighted by Crippen LogP contribution is 2.22. The summed E-state index contributed by atoms with van der Waals surface area (Å²) in [5, 5.41) is 34.7. The van der Waals surface area contributed by atoms with E-state index in [2.05, 4.69) is 135 Å². The number of phenols is 4. The van der Waals surface area contributed by atoms with Crippen molar-refractivity contribution in [3.05, 3.63) is 48.5 Å². The molecular weight excluding hydrogens is 987 g/mol. The fraction of sp³-hybridized carbons (Fsp3) is 0.647. The number of benzene rings is 2. The van der Waals surface area contributed by atoms with Crippen LogP contribution < -0.4 is 14.4 Å². The molecule has 2 aromatic rings. The minimum Gasteiger partial charge on any atom is -0.861 e. The molecule has 0 saturated heterocycles. The molecule has 11 nitrogen and oxygen atoms in total. The predicted molar refractivity (Wildman–Crippen MR) is 225 cm³/mol. The van der Waals surface area contributed by atoms with Gasteiger partial charge in [-0.05, 0) is 154 Å². The summed E-state index contributed by atoms with van der Waals surface area (Å²) in [7, 11) is -4.05. The quantitative estimate of drug-likeness (QED) is 0.0539. The number of rotatable bonds is 13. The summed E-state index contributed by atoms with van der Waals surface area (Å²) in [6.07, 6.45) is 0. The van der Waals surface area contributed by atoms with E-state index in [0.717, 1.165) is 7.11 Å². The van der Waals surface area contributed by atoms with Crippen molar-refractivity contribution in [3.63, 3.8) is 0 Å². The topological polar surface area (TPSA) is 159 Å². The van der Waals surface area contributed by atoms with E-state index in [1.807, 2.05) is 0 Å². The van der Waals surface area contributed by atoms with Gasteiger partial charge in [-0.1, -0.05) is 24.3 Å². The number of alkyl halides is 3. The fourth-order valence-corrected chi connectivity index (χ4v) is 8.04. The molecule has 0 fully saturated rings. The molecule has 0 aromatic heterocycles. The maximum atomic E-state index is 9.28. The van der Waals surface area contributed by atoms with Crippen molar-refractivity contribution in [1.82, 2.24) is 0 Å². The molecule has 4 N–H and O–H groups in total. The monoisotopic (exact) mass is 1050 g/mol. The van der Waals surface area contributed by atoms with Crippen LogP contribution in [0.5, 0.6) is 23.0 Å². The number of halogens is 3. The second-order valence-corrected chi connectivity index (χ2v) is 14.4. The Morgan fingerprint density at radius 3 is 0.653 bits per heavy atom. The standard InChI is InChI=1S/3C7H17IN.2C6H6O2.CH3O4Si/c3*1-4-9(5-2,6-3)7-8;2*7-5-3-1-2-4-6(5)8;1-5-6(2,3)4/h3*4-7H2,1-3H3;2*1-4,7-8H;1H3/q3*+1;;;-3. The summed E-state index contributed by atoms with van der Waals surface area (Å²) < 4.78 is 11.0. The summed E-state index contributed by atoms with van der Waals surface area (Å²) in [6, 6.07) is 12.3. The third-order valence-corrected chi connectivity index (χ3v) is 13.7. The van der Waals surface area contributed by atoms with Crippen LogP contribution in [0, 0.1) is 0 Å². The van der Waals surface area contributed by atoms with Crippen molar-refractivity contribution >= 4 is 76.8 Å². The van der Waals surface area contributed by atoms with E-state index < -0.39 is 9.05 Å². The van der Waals surface area contributed by atoms with Gasteiger partial charge >= 0.3 is 0 Å². The van der Waals surface area contributed by atoms with Crippen molar-refractivity contribution in [2.24, 2.45) is 0 Å². The highest BCUT2D eigenvalue weighted by Gasteiger charge is 2.18. The molecule has 290 valence electrons. The molecule has 0 aliphatic heterocycles. The van der Waals surface area contributed by atoms with Gasteiger partial charge in [-0.2, -0.15) is 0 Å². The van der Waals surface area contributed by atoms with Crippen LogP contribution >= 0.6 is 67.8 Å². The summed E-state index contributed by atoms with van der Waals surface area (Å²) >= 11 is 7.42. The third-order valence-electron chi connectivity index (χ3n) is 8.81. The Kier molecular flexibility index (Phi) is 36.7. The number of hydrogen-bond acceptors (Lipinski definition) is 8. The van der Waals surface area contributed by atoms with Crippen LogP contribution in [-0.2, 0) is 4.43 Å². The van der Waals surface area contributed by atoms with Gasteiger partial charge in [-0.15, -0.1) is 9.05 Å². The van der Waals surface area contributed by atoms with E-state index in [1.165, 1.54) is 110 Å². The van der Waals surface area contributed by atoms with Gasteiger partial charge in [0.2, 0.25) is 0 Å². The molecule has 0 radical (unpaired) electrons. The van der Waals surface area contributed by atoms with E-state index in [4.69, 9.17) is 20.4 Å². The number of quaternary nitrogens is 3.